The van der Waals surface area contributed by atoms with Crippen LogP contribution in [0.25, 0.3) is 0 Å². The molecule has 0 aliphatic heterocycles. The standard InChI is InChI=1S/C14H23N3O3S/c1-4-6-10-9-11(18)17-13(16-10)21-8-7-14(3,12(19)20)15-5-2/h9,15H,4-8H2,1-3H3,(H,19,20)(H,16,17,18). The third kappa shape index (κ3) is 5.51. The molecule has 1 heterocycles. The summed E-state index contributed by atoms with van der Waals surface area (Å²) in [6.07, 6.45) is 2.14. The monoisotopic (exact) mass is 313 g/mol. The van der Waals surface area contributed by atoms with Gasteiger partial charge < -0.3 is 15.4 Å². The average molecular weight is 313 g/mol. The topological polar surface area (TPSA) is 95.1 Å². The lowest BCUT2D eigenvalue weighted by Gasteiger charge is -2.25. The molecule has 1 rings (SSSR count). The summed E-state index contributed by atoms with van der Waals surface area (Å²) < 4.78 is 0. The summed E-state index contributed by atoms with van der Waals surface area (Å²) in [6, 6.07) is 1.51. The molecule has 1 aromatic heterocycles. The number of carboxylic acids is 1. The first-order valence-electron chi connectivity index (χ1n) is 7.12. The normalized spacial score (nSPS) is 13.9. The fourth-order valence-electron chi connectivity index (χ4n) is 1.95. The molecule has 0 bridgehead atoms. The first-order valence-corrected chi connectivity index (χ1v) is 8.11. The van der Waals surface area contributed by atoms with Crippen molar-refractivity contribution in [3.8, 4) is 0 Å². The highest BCUT2D eigenvalue weighted by Gasteiger charge is 2.31. The number of H-pyrrole nitrogens is 1. The highest BCUT2D eigenvalue weighted by molar-refractivity contribution is 7.99. The van der Waals surface area contributed by atoms with Crippen LogP contribution in [0.1, 0.15) is 39.3 Å². The first-order chi connectivity index (χ1) is 9.91. The van der Waals surface area contributed by atoms with Crippen molar-refractivity contribution < 1.29 is 9.90 Å². The predicted molar refractivity (Wildman–Crippen MR) is 83.9 cm³/mol. The summed E-state index contributed by atoms with van der Waals surface area (Å²) in [5.74, 6) is -0.306. The molecule has 0 radical (unpaired) electrons. The van der Waals surface area contributed by atoms with Gasteiger partial charge in [0.1, 0.15) is 5.54 Å². The quantitative estimate of drug-likeness (QED) is 0.474. The van der Waals surface area contributed by atoms with Crippen molar-refractivity contribution in [2.24, 2.45) is 0 Å². The van der Waals surface area contributed by atoms with E-state index in [4.69, 9.17) is 0 Å². The van der Waals surface area contributed by atoms with Crippen LogP contribution in [0.3, 0.4) is 0 Å². The summed E-state index contributed by atoms with van der Waals surface area (Å²) >= 11 is 1.37. The molecule has 0 amide bonds. The van der Waals surface area contributed by atoms with Crippen molar-refractivity contribution in [1.29, 1.82) is 0 Å². The van der Waals surface area contributed by atoms with Crippen LogP contribution in [0.2, 0.25) is 0 Å². The smallest absolute Gasteiger partial charge is 0.323 e. The van der Waals surface area contributed by atoms with Crippen LogP contribution in [-0.2, 0) is 11.2 Å². The minimum Gasteiger partial charge on any atom is -0.480 e. The number of thioether (sulfide) groups is 1. The van der Waals surface area contributed by atoms with Gasteiger partial charge in [-0.1, -0.05) is 32.0 Å². The van der Waals surface area contributed by atoms with Gasteiger partial charge in [-0.25, -0.2) is 4.98 Å². The lowest BCUT2D eigenvalue weighted by Crippen LogP contribution is -2.49. The molecule has 0 saturated carbocycles. The molecule has 0 aliphatic rings. The molecule has 0 spiro atoms. The minimum atomic E-state index is -0.955. The van der Waals surface area contributed by atoms with Crippen LogP contribution < -0.4 is 10.9 Å². The van der Waals surface area contributed by atoms with Crippen LogP contribution in [0.5, 0.6) is 0 Å². The van der Waals surface area contributed by atoms with E-state index >= 15 is 0 Å². The van der Waals surface area contributed by atoms with Crippen LogP contribution in [0.4, 0.5) is 0 Å². The second-order valence-corrected chi connectivity index (χ2v) is 6.14. The highest BCUT2D eigenvalue weighted by atomic mass is 32.2. The van der Waals surface area contributed by atoms with Gasteiger partial charge >= 0.3 is 5.97 Å². The SMILES string of the molecule is CCCc1cc(=O)[nH]c(SCCC(C)(NCC)C(=O)O)n1. The molecule has 21 heavy (non-hydrogen) atoms. The second-order valence-electron chi connectivity index (χ2n) is 5.06. The van der Waals surface area contributed by atoms with Crippen LogP contribution in [0.15, 0.2) is 16.0 Å². The van der Waals surface area contributed by atoms with Crippen molar-refractivity contribution >= 4 is 17.7 Å². The molecule has 0 fully saturated rings. The maximum Gasteiger partial charge on any atom is 0.323 e. The van der Waals surface area contributed by atoms with Gasteiger partial charge in [0.15, 0.2) is 5.16 Å². The largest absolute Gasteiger partial charge is 0.480 e. The van der Waals surface area contributed by atoms with Gasteiger partial charge in [0.05, 0.1) is 0 Å². The number of aliphatic carboxylic acids is 1. The summed E-state index contributed by atoms with van der Waals surface area (Å²) in [5, 5.41) is 12.8. The molecular formula is C14H23N3O3S. The van der Waals surface area contributed by atoms with Gasteiger partial charge in [0.2, 0.25) is 0 Å². The number of aromatic amines is 1. The van der Waals surface area contributed by atoms with E-state index in [9.17, 15) is 14.7 Å². The summed E-state index contributed by atoms with van der Waals surface area (Å²) in [7, 11) is 0. The van der Waals surface area contributed by atoms with E-state index in [1.165, 1.54) is 17.8 Å². The Kier molecular flexibility index (Phi) is 6.91. The maximum atomic E-state index is 11.5. The van der Waals surface area contributed by atoms with Gasteiger partial charge in [0, 0.05) is 17.5 Å². The van der Waals surface area contributed by atoms with Gasteiger partial charge in [-0.3, -0.25) is 9.59 Å². The van der Waals surface area contributed by atoms with E-state index in [0.29, 0.717) is 23.9 Å². The molecule has 3 N–H and O–H groups in total. The van der Waals surface area contributed by atoms with Crippen molar-refractivity contribution in [3.05, 3.63) is 22.1 Å². The van der Waals surface area contributed by atoms with Crippen molar-refractivity contribution in [1.82, 2.24) is 15.3 Å². The Bertz CT molecular complexity index is 532. The maximum absolute atomic E-state index is 11.5. The van der Waals surface area contributed by atoms with E-state index in [0.717, 1.165) is 18.5 Å². The van der Waals surface area contributed by atoms with Crippen LogP contribution >= 0.6 is 11.8 Å². The summed E-state index contributed by atoms with van der Waals surface area (Å²) in [6.45, 7) is 6.17. The van der Waals surface area contributed by atoms with E-state index < -0.39 is 11.5 Å². The van der Waals surface area contributed by atoms with E-state index in [1.54, 1.807) is 6.92 Å². The molecule has 0 saturated heterocycles. The lowest BCUT2D eigenvalue weighted by atomic mass is 9.99. The molecule has 1 atom stereocenters. The summed E-state index contributed by atoms with van der Waals surface area (Å²) in [4.78, 5) is 29.9. The zero-order valence-electron chi connectivity index (χ0n) is 12.7. The lowest BCUT2D eigenvalue weighted by molar-refractivity contribution is -0.144. The fourth-order valence-corrected chi connectivity index (χ4v) is 3.01. The zero-order chi connectivity index (χ0) is 15.9. The third-order valence-electron chi connectivity index (χ3n) is 3.16. The number of carboxylic acid groups (broad SMARTS) is 1. The molecule has 0 aromatic carbocycles. The fraction of sp³-hybridized carbons (Fsp3) is 0.643. The number of nitrogens with zero attached hydrogens (tertiary/aromatic N) is 1. The molecule has 6 nitrogen and oxygen atoms in total. The molecular weight excluding hydrogens is 290 g/mol. The Labute approximate surface area is 128 Å². The van der Waals surface area contributed by atoms with Crippen molar-refractivity contribution in [3.63, 3.8) is 0 Å². The van der Waals surface area contributed by atoms with Gasteiger partial charge in [-0.05, 0) is 26.3 Å². The third-order valence-corrected chi connectivity index (χ3v) is 4.03. The second kappa shape index (κ2) is 8.19. The Morgan fingerprint density at radius 3 is 2.81 bits per heavy atom. The average Bonchev–Trinajstić information content (AvgIpc) is 2.38. The van der Waals surface area contributed by atoms with Crippen LogP contribution in [0, 0.1) is 0 Å². The molecule has 118 valence electrons. The molecule has 7 heteroatoms. The number of carbonyl (C=O) groups is 1. The van der Waals surface area contributed by atoms with Gasteiger partial charge in [-0.2, -0.15) is 0 Å². The summed E-state index contributed by atoms with van der Waals surface area (Å²) in [5.41, 5.74) is -0.344. The molecule has 1 unspecified atom stereocenters. The highest BCUT2D eigenvalue weighted by Crippen LogP contribution is 2.19. The van der Waals surface area contributed by atoms with Gasteiger partial charge in [-0.15, -0.1) is 0 Å². The van der Waals surface area contributed by atoms with Crippen molar-refractivity contribution in [2.75, 3.05) is 12.3 Å². The van der Waals surface area contributed by atoms with E-state index in [1.807, 2.05) is 13.8 Å². The Morgan fingerprint density at radius 2 is 2.24 bits per heavy atom. The number of aryl methyl sites for hydroxylation is 1. The Morgan fingerprint density at radius 1 is 1.52 bits per heavy atom. The Hall–Kier alpha value is -1.34. The Balaban J connectivity index is 2.66. The van der Waals surface area contributed by atoms with Crippen LogP contribution in [-0.4, -0.2) is 38.9 Å². The minimum absolute atomic E-state index is 0.163. The van der Waals surface area contributed by atoms with E-state index in [-0.39, 0.29) is 5.56 Å². The predicted octanol–water partition coefficient (Wildman–Crippen LogP) is 1.66. The zero-order valence-corrected chi connectivity index (χ0v) is 13.5. The number of likely N-dealkylation sites (N-methyl/N-ethyl adjacent to an activating group) is 1. The number of aromatic nitrogens is 2. The van der Waals surface area contributed by atoms with Crippen molar-refractivity contribution in [2.45, 2.75) is 50.7 Å². The number of hydrogen-bond acceptors (Lipinski definition) is 5. The first kappa shape index (κ1) is 17.7. The molecule has 1 aromatic rings. The molecule has 0 aliphatic carbocycles. The van der Waals surface area contributed by atoms with E-state index in [2.05, 4.69) is 15.3 Å². The number of hydrogen-bond donors (Lipinski definition) is 3. The number of nitrogens with one attached hydrogen (secondary N) is 2. The van der Waals surface area contributed by atoms with Gasteiger partial charge in [0.25, 0.3) is 5.56 Å². The number of rotatable bonds is 9.